The minimum absolute atomic E-state index is 0.170. The molecule has 8 heteroatoms. The molecule has 0 aromatic heterocycles. The highest BCUT2D eigenvalue weighted by molar-refractivity contribution is 7.92. The molecule has 0 spiro atoms. The Labute approximate surface area is 239 Å². The molecule has 0 aliphatic heterocycles. The summed E-state index contributed by atoms with van der Waals surface area (Å²) in [5.74, 6) is -0.699. The van der Waals surface area contributed by atoms with Gasteiger partial charge in [-0.3, -0.25) is 13.9 Å². The van der Waals surface area contributed by atoms with Crippen LogP contribution in [-0.2, 0) is 32.6 Å². The van der Waals surface area contributed by atoms with Crippen LogP contribution in [0.2, 0.25) is 0 Å². The van der Waals surface area contributed by atoms with Crippen LogP contribution in [0.1, 0.15) is 47.6 Å². The van der Waals surface area contributed by atoms with E-state index in [1.54, 1.807) is 6.07 Å². The van der Waals surface area contributed by atoms with Gasteiger partial charge in [0.15, 0.2) is 0 Å². The van der Waals surface area contributed by atoms with E-state index in [1.165, 1.54) is 4.90 Å². The molecular formula is C32H41N3O4S. The third kappa shape index (κ3) is 8.68. The van der Waals surface area contributed by atoms with E-state index >= 15 is 0 Å². The highest BCUT2D eigenvalue weighted by Gasteiger charge is 2.33. The van der Waals surface area contributed by atoms with Crippen LogP contribution >= 0.6 is 0 Å². The first-order chi connectivity index (χ1) is 19.0. The number of aryl methyl sites for hydroxylation is 3. The maximum absolute atomic E-state index is 14.2. The predicted molar refractivity (Wildman–Crippen MR) is 162 cm³/mol. The Morgan fingerprint density at radius 1 is 0.875 bits per heavy atom. The van der Waals surface area contributed by atoms with Crippen molar-refractivity contribution < 1.29 is 18.0 Å². The number of nitrogens with zero attached hydrogens (tertiary/aromatic N) is 2. The van der Waals surface area contributed by atoms with Gasteiger partial charge in [0.05, 0.1) is 11.9 Å². The molecule has 0 saturated carbocycles. The number of benzene rings is 3. The number of carbonyl (C=O) groups is 2. The van der Waals surface area contributed by atoms with Crippen molar-refractivity contribution >= 4 is 27.5 Å². The Balaban J connectivity index is 2.06. The monoisotopic (exact) mass is 563 g/mol. The van der Waals surface area contributed by atoms with Crippen LogP contribution < -0.4 is 9.62 Å². The summed E-state index contributed by atoms with van der Waals surface area (Å²) >= 11 is 0. The molecule has 214 valence electrons. The third-order valence-electron chi connectivity index (χ3n) is 6.85. The number of hydrogen-bond donors (Lipinski definition) is 1. The van der Waals surface area contributed by atoms with Crippen molar-refractivity contribution in [1.29, 1.82) is 0 Å². The number of anilines is 1. The molecule has 3 rings (SSSR count). The molecule has 0 aliphatic carbocycles. The lowest BCUT2D eigenvalue weighted by atomic mass is 10.0. The SMILES string of the molecule is CCCCNC(=O)[C@@H](Cc1ccccc1)N(Cc1cccc(C)c1)C(=O)CN(c1cc(C)ccc1C)S(C)(=O)=O. The normalized spacial score (nSPS) is 12.0. The van der Waals surface area contributed by atoms with Gasteiger partial charge < -0.3 is 10.2 Å². The standard InChI is InChI=1S/C32H41N3O4S/c1-6-7-18-33-32(37)30(21-27-13-9-8-10-14-27)34(22-28-15-11-12-24(2)19-28)31(36)23-35(40(5,38)39)29-20-25(3)16-17-26(29)4/h8-17,19-20,30H,6-7,18,21-23H2,1-5H3,(H,33,37)/t30-/m1/s1. The molecule has 0 fully saturated rings. The van der Waals surface area contributed by atoms with Crippen LogP contribution in [0.5, 0.6) is 0 Å². The van der Waals surface area contributed by atoms with Gasteiger partial charge in [-0.2, -0.15) is 0 Å². The number of sulfonamides is 1. The molecule has 0 saturated heterocycles. The zero-order chi connectivity index (χ0) is 29.3. The van der Waals surface area contributed by atoms with Crippen molar-refractivity contribution in [2.75, 3.05) is 23.7 Å². The lowest BCUT2D eigenvalue weighted by Crippen LogP contribution is -2.53. The van der Waals surface area contributed by atoms with Crippen molar-refractivity contribution in [1.82, 2.24) is 10.2 Å². The third-order valence-corrected chi connectivity index (χ3v) is 7.98. The van der Waals surface area contributed by atoms with Crippen LogP contribution in [0.25, 0.3) is 0 Å². The van der Waals surface area contributed by atoms with Gasteiger partial charge in [-0.25, -0.2) is 8.42 Å². The summed E-state index contributed by atoms with van der Waals surface area (Å²) in [6.07, 6.45) is 3.16. The van der Waals surface area contributed by atoms with Gasteiger partial charge in [0.1, 0.15) is 12.6 Å². The van der Waals surface area contributed by atoms with E-state index in [1.807, 2.05) is 94.4 Å². The summed E-state index contributed by atoms with van der Waals surface area (Å²) < 4.78 is 27.2. The number of unbranched alkanes of at least 4 members (excludes halogenated alkanes) is 1. The summed E-state index contributed by atoms with van der Waals surface area (Å²) in [5.41, 5.74) is 4.89. The maximum atomic E-state index is 14.2. The fourth-order valence-electron chi connectivity index (χ4n) is 4.65. The lowest BCUT2D eigenvalue weighted by Gasteiger charge is -2.34. The first-order valence-electron chi connectivity index (χ1n) is 13.7. The molecule has 3 aromatic carbocycles. The van der Waals surface area contributed by atoms with Gasteiger partial charge in [0.2, 0.25) is 21.8 Å². The van der Waals surface area contributed by atoms with Crippen molar-refractivity contribution in [2.45, 2.75) is 59.5 Å². The Morgan fingerprint density at radius 3 is 2.20 bits per heavy atom. The average molecular weight is 564 g/mol. The van der Waals surface area contributed by atoms with Crippen LogP contribution in [-0.4, -0.2) is 50.5 Å². The lowest BCUT2D eigenvalue weighted by molar-refractivity contribution is -0.140. The average Bonchev–Trinajstić information content (AvgIpc) is 2.90. The molecule has 0 radical (unpaired) electrons. The summed E-state index contributed by atoms with van der Waals surface area (Å²) in [4.78, 5) is 29.3. The van der Waals surface area contributed by atoms with Crippen LogP contribution in [0.15, 0.2) is 72.8 Å². The summed E-state index contributed by atoms with van der Waals surface area (Å²) in [6.45, 7) is 7.99. The van der Waals surface area contributed by atoms with Gasteiger partial charge in [-0.15, -0.1) is 0 Å². The molecule has 2 amide bonds. The fourth-order valence-corrected chi connectivity index (χ4v) is 5.55. The largest absolute Gasteiger partial charge is 0.354 e. The molecule has 0 aliphatic rings. The van der Waals surface area contributed by atoms with E-state index in [2.05, 4.69) is 5.32 Å². The van der Waals surface area contributed by atoms with E-state index in [-0.39, 0.29) is 12.5 Å². The van der Waals surface area contributed by atoms with Crippen LogP contribution in [0.4, 0.5) is 5.69 Å². The highest BCUT2D eigenvalue weighted by Crippen LogP contribution is 2.25. The van der Waals surface area contributed by atoms with Crippen molar-refractivity contribution in [2.24, 2.45) is 0 Å². The minimum atomic E-state index is -3.80. The highest BCUT2D eigenvalue weighted by atomic mass is 32.2. The Hall–Kier alpha value is -3.65. The van der Waals surface area contributed by atoms with Crippen molar-refractivity contribution in [3.63, 3.8) is 0 Å². The minimum Gasteiger partial charge on any atom is -0.354 e. The zero-order valence-corrected chi connectivity index (χ0v) is 25.0. The number of hydrogen-bond acceptors (Lipinski definition) is 4. The first kappa shape index (κ1) is 30.9. The Morgan fingerprint density at radius 2 is 1.55 bits per heavy atom. The van der Waals surface area contributed by atoms with E-state index in [0.717, 1.165) is 51.2 Å². The molecular weight excluding hydrogens is 522 g/mol. The molecule has 7 nitrogen and oxygen atoms in total. The second-order valence-electron chi connectivity index (χ2n) is 10.4. The molecule has 0 unspecified atom stereocenters. The molecule has 40 heavy (non-hydrogen) atoms. The van der Waals surface area contributed by atoms with Crippen LogP contribution in [0.3, 0.4) is 0 Å². The van der Waals surface area contributed by atoms with E-state index in [0.29, 0.717) is 18.7 Å². The summed E-state index contributed by atoms with van der Waals surface area (Å²) in [6, 6.07) is 22.1. The quantitative estimate of drug-likeness (QED) is 0.299. The summed E-state index contributed by atoms with van der Waals surface area (Å²) in [5, 5.41) is 3.00. The van der Waals surface area contributed by atoms with E-state index in [9.17, 15) is 18.0 Å². The smallest absolute Gasteiger partial charge is 0.244 e. The molecule has 1 atom stereocenters. The number of nitrogens with one attached hydrogen (secondary N) is 1. The number of rotatable bonds is 13. The Bertz CT molecular complexity index is 1410. The van der Waals surface area contributed by atoms with Gasteiger partial charge in [-0.1, -0.05) is 85.6 Å². The molecule has 1 N–H and O–H groups in total. The van der Waals surface area contributed by atoms with Gasteiger partial charge in [0.25, 0.3) is 0 Å². The van der Waals surface area contributed by atoms with Gasteiger partial charge in [0, 0.05) is 19.5 Å². The number of carbonyl (C=O) groups excluding carboxylic acids is 2. The molecule has 0 bridgehead atoms. The fraction of sp³-hybridized carbons (Fsp3) is 0.375. The van der Waals surface area contributed by atoms with Crippen molar-refractivity contribution in [3.05, 3.63) is 101 Å². The first-order valence-corrected chi connectivity index (χ1v) is 15.6. The van der Waals surface area contributed by atoms with Crippen molar-refractivity contribution in [3.8, 4) is 0 Å². The number of amides is 2. The van der Waals surface area contributed by atoms with Gasteiger partial charge >= 0.3 is 0 Å². The van der Waals surface area contributed by atoms with E-state index < -0.39 is 28.5 Å². The topological polar surface area (TPSA) is 86.8 Å². The summed E-state index contributed by atoms with van der Waals surface area (Å²) in [7, 11) is -3.80. The second-order valence-corrected chi connectivity index (χ2v) is 12.3. The van der Waals surface area contributed by atoms with Gasteiger partial charge in [-0.05, 0) is 55.5 Å². The zero-order valence-electron chi connectivity index (χ0n) is 24.2. The second kappa shape index (κ2) is 14.1. The van der Waals surface area contributed by atoms with E-state index in [4.69, 9.17) is 0 Å². The van der Waals surface area contributed by atoms with Crippen LogP contribution in [0, 0.1) is 20.8 Å². The molecule has 3 aromatic rings. The molecule has 0 heterocycles. The predicted octanol–water partition coefficient (Wildman–Crippen LogP) is 4.93. The Kier molecular flexibility index (Phi) is 10.9. The maximum Gasteiger partial charge on any atom is 0.244 e.